The second-order valence-electron chi connectivity index (χ2n) is 5.89. The molecule has 1 aliphatic carbocycles. The second kappa shape index (κ2) is 6.35. The van der Waals surface area contributed by atoms with Crippen LogP contribution < -0.4 is 11.1 Å². The molecule has 126 valence electrons. The van der Waals surface area contributed by atoms with Crippen molar-refractivity contribution in [2.75, 3.05) is 0 Å². The maximum Gasteiger partial charge on any atom is 0.318 e. The van der Waals surface area contributed by atoms with Crippen molar-refractivity contribution < 1.29 is 23.5 Å². The van der Waals surface area contributed by atoms with Crippen molar-refractivity contribution in [3.05, 3.63) is 35.1 Å². The summed E-state index contributed by atoms with van der Waals surface area (Å²) in [5, 5.41) is 2.76. The van der Waals surface area contributed by atoms with E-state index in [9.17, 15) is 14.4 Å². The molecular formula is C17H18N2O5. The largest absolute Gasteiger partial charge is 0.464 e. The predicted octanol–water partition coefficient (Wildman–Crippen LogP) is 1.59. The van der Waals surface area contributed by atoms with Crippen LogP contribution in [-0.2, 0) is 33.6 Å². The molecular weight excluding hydrogens is 312 g/mol. The summed E-state index contributed by atoms with van der Waals surface area (Å²) < 4.78 is 10.6. The third kappa shape index (κ3) is 3.24. The SMILES string of the molecule is C[C@@H](OC(=O)Cc1coc2cc3c(cc12)CCC3)C(=O)NC(N)=O. The Morgan fingerprint density at radius 1 is 1.29 bits per heavy atom. The van der Waals surface area contributed by atoms with Crippen molar-refractivity contribution in [3.63, 3.8) is 0 Å². The topological polar surface area (TPSA) is 112 Å². The monoisotopic (exact) mass is 330 g/mol. The number of nitrogens with two attached hydrogens (primary N) is 1. The van der Waals surface area contributed by atoms with Gasteiger partial charge in [0.15, 0.2) is 6.10 Å². The summed E-state index contributed by atoms with van der Waals surface area (Å²) in [5.74, 6) is -1.34. The maximum absolute atomic E-state index is 12.0. The molecule has 1 heterocycles. The maximum atomic E-state index is 12.0. The lowest BCUT2D eigenvalue weighted by molar-refractivity contribution is -0.153. The summed E-state index contributed by atoms with van der Waals surface area (Å²) in [5.41, 5.74) is 8.90. The first-order valence-corrected chi connectivity index (χ1v) is 7.75. The summed E-state index contributed by atoms with van der Waals surface area (Å²) in [6.45, 7) is 1.37. The molecule has 1 aliphatic rings. The molecule has 0 saturated carbocycles. The second-order valence-corrected chi connectivity index (χ2v) is 5.89. The molecule has 3 amide bonds. The summed E-state index contributed by atoms with van der Waals surface area (Å²) in [7, 11) is 0. The Bertz CT molecular complexity index is 824. The molecule has 24 heavy (non-hydrogen) atoms. The number of hydrogen-bond donors (Lipinski definition) is 2. The molecule has 1 atom stereocenters. The number of nitrogens with one attached hydrogen (secondary N) is 1. The number of esters is 1. The number of rotatable bonds is 4. The number of furan rings is 1. The van der Waals surface area contributed by atoms with Crippen LogP contribution in [0.1, 0.15) is 30.0 Å². The van der Waals surface area contributed by atoms with E-state index >= 15 is 0 Å². The van der Waals surface area contributed by atoms with Gasteiger partial charge in [-0.3, -0.25) is 14.9 Å². The highest BCUT2D eigenvalue weighted by atomic mass is 16.5. The Morgan fingerprint density at radius 3 is 2.71 bits per heavy atom. The van der Waals surface area contributed by atoms with Gasteiger partial charge in [-0.05, 0) is 49.4 Å². The highest BCUT2D eigenvalue weighted by molar-refractivity contribution is 5.96. The number of ether oxygens (including phenoxy) is 1. The Morgan fingerprint density at radius 2 is 2.00 bits per heavy atom. The molecule has 3 N–H and O–H groups in total. The average molecular weight is 330 g/mol. The van der Waals surface area contributed by atoms with E-state index in [0.29, 0.717) is 5.56 Å². The molecule has 0 saturated heterocycles. The molecule has 1 aromatic heterocycles. The summed E-state index contributed by atoms with van der Waals surface area (Å²) in [6, 6.07) is 3.10. The molecule has 0 aliphatic heterocycles. The van der Waals surface area contributed by atoms with Crippen LogP contribution in [0, 0.1) is 0 Å². The van der Waals surface area contributed by atoms with Gasteiger partial charge in [0.05, 0.1) is 12.7 Å². The molecule has 7 nitrogen and oxygen atoms in total. The number of carbonyl (C=O) groups excluding carboxylic acids is 3. The Hall–Kier alpha value is -2.83. The highest BCUT2D eigenvalue weighted by Crippen LogP contribution is 2.30. The van der Waals surface area contributed by atoms with E-state index in [2.05, 4.69) is 6.07 Å². The van der Waals surface area contributed by atoms with Crippen molar-refractivity contribution in [1.29, 1.82) is 0 Å². The summed E-state index contributed by atoms with van der Waals surface area (Å²) >= 11 is 0. The molecule has 7 heteroatoms. The van der Waals surface area contributed by atoms with Crippen molar-refractivity contribution in [2.24, 2.45) is 5.73 Å². The van der Waals surface area contributed by atoms with Crippen LogP contribution in [0.2, 0.25) is 0 Å². The fourth-order valence-corrected chi connectivity index (χ4v) is 2.96. The third-order valence-electron chi connectivity index (χ3n) is 4.13. The molecule has 0 bridgehead atoms. The van der Waals surface area contributed by atoms with E-state index in [1.807, 2.05) is 11.4 Å². The van der Waals surface area contributed by atoms with Gasteiger partial charge in [-0.15, -0.1) is 0 Å². The highest BCUT2D eigenvalue weighted by Gasteiger charge is 2.21. The Balaban J connectivity index is 1.69. The van der Waals surface area contributed by atoms with Gasteiger partial charge in [0, 0.05) is 10.9 Å². The van der Waals surface area contributed by atoms with E-state index < -0.39 is 24.0 Å². The van der Waals surface area contributed by atoms with Crippen LogP contribution in [0.3, 0.4) is 0 Å². The van der Waals surface area contributed by atoms with Crippen molar-refractivity contribution >= 4 is 28.9 Å². The Kier molecular flexibility index (Phi) is 4.24. The van der Waals surface area contributed by atoms with E-state index in [1.54, 1.807) is 0 Å². The number of benzene rings is 1. The van der Waals surface area contributed by atoms with Crippen molar-refractivity contribution in [2.45, 2.75) is 38.7 Å². The number of fused-ring (bicyclic) bond motifs is 2. The van der Waals surface area contributed by atoms with Gasteiger partial charge < -0.3 is 14.9 Å². The van der Waals surface area contributed by atoms with Gasteiger partial charge >= 0.3 is 12.0 Å². The van der Waals surface area contributed by atoms with Gasteiger partial charge in [-0.1, -0.05) is 0 Å². The lowest BCUT2D eigenvalue weighted by Gasteiger charge is -2.11. The summed E-state index contributed by atoms with van der Waals surface area (Å²) in [6.07, 6.45) is 3.63. The molecule has 0 fully saturated rings. The van der Waals surface area contributed by atoms with Crippen LogP contribution in [0.25, 0.3) is 11.0 Å². The zero-order chi connectivity index (χ0) is 17.3. The normalized spacial score (nSPS) is 14.2. The van der Waals surface area contributed by atoms with Crippen molar-refractivity contribution in [3.8, 4) is 0 Å². The first-order valence-electron chi connectivity index (χ1n) is 7.75. The molecule has 0 spiro atoms. The van der Waals surface area contributed by atoms with E-state index in [0.717, 1.165) is 30.2 Å². The zero-order valence-electron chi connectivity index (χ0n) is 13.3. The number of carbonyl (C=O) groups is 3. The van der Waals surface area contributed by atoms with Crippen LogP contribution in [0.5, 0.6) is 0 Å². The van der Waals surface area contributed by atoms with Gasteiger partial charge in [0.1, 0.15) is 5.58 Å². The average Bonchev–Trinajstić information content (AvgIpc) is 3.11. The first-order chi connectivity index (χ1) is 11.4. The minimum Gasteiger partial charge on any atom is -0.464 e. The number of primary amides is 1. The van der Waals surface area contributed by atoms with E-state index in [1.165, 1.54) is 24.3 Å². The third-order valence-corrected chi connectivity index (χ3v) is 4.13. The Labute approximate surface area is 138 Å². The van der Waals surface area contributed by atoms with E-state index in [-0.39, 0.29) is 6.42 Å². The zero-order valence-corrected chi connectivity index (χ0v) is 13.3. The standard InChI is InChI=1S/C17H18N2O5/c1-9(16(21)19-17(18)22)24-15(20)7-12-8-23-14-6-11-4-2-3-10(11)5-13(12)14/h5-6,8-9H,2-4,7H2,1H3,(H3,18,19,21,22)/t9-/m1/s1. The van der Waals surface area contributed by atoms with Gasteiger partial charge in [-0.2, -0.15) is 0 Å². The van der Waals surface area contributed by atoms with Crippen molar-refractivity contribution in [1.82, 2.24) is 5.32 Å². The molecule has 0 unspecified atom stereocenters. The fraction of sp³-hybridized carbons (Fsp3) is 0.353. The minimum atomic E-state index is -1.10. The van der Waals surface area contributed by atoms with Crippen LogP contribution in [0.4, 0.5) is 4.79 Å². The van der Waals surface area contributed by atoms with Gasteiger partial charge in [0.25, 0.3) is 5.91 Å². The van der Waals surface area contributed by atoms with Crippen LogP contribution in [0.15, 0.2) is 22.8 Å². The summed E-state index contributed by atoms with van der Waals surface area (Å²) in [4.78, 5) is 34.2. The smallest absolute Gasteiger partial charge is 0.318 e. The van der Waals surface area contributed by atoms with Crippen LogP contribution in [-0.4, -0.2) is 24.0 Å². The first kappa shape index (κ1) is 16.0. The predicted molar refractivity (Wildman–Crippen MR) is 85.2 cm³/mol. The van der Waals surface area contributed by atoms with Gasteiger partial charge in [-0.25, -0.2) is 4.79 Å². The molecule has 0 radical (unpaired) electrons. The number of urea groups is 1. The van der Waals surface area contributed by atoms with Gasteiger partial charge in [0.2, 0.25) is 0 Å². The lowest BCUT2D eigenvalue weighted by atomic mass is 10.0. The fourth-order valence-electron chi connectivity index (χ4n) is 2.96. The molecule has 3 rings (SSSR count). The number of aryl methyl sites for hydroxylation is 2. The molecule has 2 aromatic rings. The van der Waals surface area contributed by atoms with E-state index in [4.69, 9.17) is 14.9 Å². The lowest BCUT2D eigenvalue weighted by Crippen LogP contribution is -2.42. The van der Waals surface area contributed by atoms with Crippen LogP contribution >= 0.6 is 0 Å². The molecule has 1 aromatic carbocycles. The minimum absolute atomic E-state index is 0.0139. The quantitative estimate of drug-likeness (QED) is 0.827. The number of imide groups is 1. The number of hydrogen-bond acceptors (Lipinski definition) is 5. The number of amides is 3.